The Morgan fingerprint density at radius 1 is 0.627 bits per heavy atom. The van der Waals surface area contributed by atoms with Crippen LogP contribution in [0.2, 0.25) is 0 Å². The molecule has 59 heavy (non-hydrogen) atoms. The molecule has 5 amide bonds. The zero-order chi connectivity index (χ0) is 41.1. The van der Waals surface area contributed by atoms with Crippen LogP contribution in [0.5, 0.6) is 0 Å². The lowest BCUT2D eigenvalue weighted by atomic mass is 9.94. The highest BCUT2D eigenvalue weighted by atomic mass is 16.2. The lowest BCUT2D eigenvalue weighted by Gasteiger charge is -2.19. The maximum atomic E-state index is 13.9. The van der Waals surface area contributed by atoms with Crippen molar-refractivity contribution in [3.8, 4) is 0 Å². The summed E-state index contributed by atoms with van der Waals surface area (Å²) in [6, 6.07) is 27.0. The third-order valence-corrected chi connectivity index (χ3v) is 12.9. The third-order valence-electron chi connectivity index (χ3n) is 12.9. The van der Waals surface area contributed by atoms with Crippen LogP contribution < -0.4 is 16.0 Å². The van der Waals surface area contributed by atoms with E-state index in [4.69, 9.17) is 0 Å². The van der Waals surface area contributed by atoms with Crippen molar-refractivity contribution in [3.63, 3.8) is 0 Å². The molecule has 4 aliphatic rings. The van der Waals surface area contributed by atoms with E-state index >= 15 is 0 Å². The van der Waals surface area contributed by atoms with Crippen LogP contribution in [0.15, 0.2) is 84.9 Å². The van der Waals surface area contributed by atoms with E-state index in [0.29, 0.717) is 31.5 Å². The first kappa shape index (κ1) is 42.1. The number of carbonyl (C=O) groups excluding carboxylic acids is 5. The van der Waals surface area contributed by atoms with E-state index in [-0.39, 0.29) is 66.5 Å². The van der Waals surface area contributed by atoms with Crippen molar-refractivity contribution < 1.29 is 24.0 Å². The summed E-state index contributed by atoms with van der Waals surface area (Å²) in [5, 5.41) is 9.37. The average Bonchev–Trinajstić information content (AvgIpc) is 4.13. The average molecular weight is 802 g/mol. The van der Waals surface area contributed by atoms with Crippen LogP contribution in [0.3, 0.4) is 0 Å². The molecule has 0 spiro atoms. The molecular weight excluding hydrogens is 739 g/mol. The molecule has 0 aromatic heterocycles. The Morgan fingerprint density at radius 2 is 1.14 bits per heavy atom. The summed E-state index contributed by atoms with van der Waals surface area (Å²) >= 11 is 0. The predicted molar refractivity (Wildman–Crippen MR) is 229 cm³/mol. The van der Waals surface area contributed by atoms with Gasteiger partial charge in [0.05, 0.1) is 11.8 Å². The lowest BCUT2D eigenvalue weighted by molar-refractivity contribution is -0.133. The summed E-state index contributed by atoms with van der Waals surface area (Å²) in [4.78, 5) is 70.9. The minimum atomic E-state index is -0.659. The van der Waals surface area contributed by atoms with Crippen molar-refractivity contribution in [2.75, 3.05) is 19.6 Å². The van der Waals surface area contributed by atoms with Gasteiger partial charge in [-0.25, -0.2) is 0 Å². The van der Waals surface area contributed by atoms with E-state index in [0.717, 1.165) is 37.7 Å². The molecule has 10 nitrogen and oxygen atoms in total. The fourth-order valence-electron chi connectivity index (χ4n) is 9.15. The van der Waals surface area contributed by atoms with Crippen molar-refractivity contribution in [3.05, 3.63) is 107 Å². The molecule has 2 aliphatic carbocycles. The van der Waals surface area contributed by atoms with Gasteiger partial charge in [-0.15, -0.1) is 0 Å². The van der Waals surface area contributed by atoms with E-state index < -0.39 is 17.9 Å². The number of nitrogens with zero attached hydrogens (tertiary/aromatic N) is 2. The Kier molecular flexibility index (Phi) is 14.5. The zero-order valence-electron chi connectivity index (χ0n) is 34.8. The molecule has 7 atom stereocenters. The zero-order valence-corrected chi connectivity index (χ0v) is 34.8. The van der Waals surface area contributed by atoms with Gasteiger partial charge in [0.25, 0.3) is 5.91 Å². The number of unbranched alkanes of at least 4 members (excludes halogenated alkanes) is 9. The highest BCUT2D eigenvalue weighted by Gasteiger charge is 2.49. The van der Waals surface area contributed by atoms with Gasteiger partial charge in [0.15, 0.2) is 0 Å². The highest BCUT2D eigenvalue weighted by molar-refractivity contribution is 5.97. The number of rotatable bonds is 21. The van der Waals surface area contributed by atoms with Gasteiger partial charge in [-0.3, -0.25) is 24.0 Å². The van der Waals surface area contributed by atoms with Crippen molar-refractivity contribution in [2.24, 2.45) is 11.8 Å². The molecule has 2 saturated heterocycles. The predicted octanol–water partition coefficient (Wildman–Crippen LogP) is 7.25. The largest absolute Gasteiger partial charge is 0.352 e. The SMILES string of the molecule is CCCCCCCCCCCCC(=O)N[C@@H]1CCN(Cc2ccc(C(=O)N3C[C@@H](C(=O)N[C@H]4C[C@@H]4c4ccccc4)[C@H](C(=O)N[C@H]4C[C@@H]4c4ccccc4)C3)cc2)C1=O. The van der Waals surface area contributed by atoms with Gasteiger partial charge < -0.3 is 25.8 Å². The number of benzene rings is 3. The summed E-state index contributed by atoms with van der Waals surface area (Å²) in [5.41, 5.74) is 3.74. The quantitative estimate of drug-likeness (QED) is 0.0979. The van der Waals surface area contributed by atoms with Gasteiger partial charge >= 0.3 is 0 Å². The van der Waals surface area contributed by atoms with Crippen LogP contribution in [0.4, 0.5) is 0 Å². The molecule has 314 valence electrons. The van der Waals surface area contributed by atoms with Gasteiger partial charge in [0, 0.05) is 62.1 Å². The van der Waals surface area contributed by atoms with E-state index in [9.17, 15) is 24.0 Å². The van der Waals surface area contributed by atoms with Crippen LogP contribution in [0.25, 0.3) is 0 Å². The number of amides is 5. The summed E-state index contributed by atoms with van der Waals surface area (Å²) < 4.78 is 0. The standard InChI is InChI=1S/C49H63N5O5/c1-2-3-4-5-6-7-8-9-10-17-22-45(55)50-42-27-28-53(49(42)59)31-34-23-25-37(26-24-34)48(58)54-32-40(46(56)51-43-29-38(43)35-18-13-11-14-19-35)41(33-54)47(57)52-44-30-39(44)36-20-15-12-16-21-36/h11-16,18-21,23-26,38-44H,2-10,17,22,27-33H2,1H3,(H,50,55)(H,51,56)(H,52,57)/t38-,39-,40-,41-,42-,43+,44+/m1/s1. The Labute approximate surface area is 350 Å². The van der Waals surface area contributed by atoms with Crippen LogP contribution >= 0.6 is 0 Å². The van der Waals surface area contributed by atoms with Crippen molar-refractivity contribution in [2.45, 2.75) is 133 Å². The Bertz CT molecular complexity index is 1810. The van der Waals surface area contributed by atoms with Crippen molar-refractivity contribution in [1.29, 1.82) is 0 Å². The second-order valence-electron chi connectivity index (χ2n) is 17.5. The van der Waals surface area contributed by atoms with Crippen LogP contribution in [-0.4, -0.2) is 77.1 Å². The minimum absolute atomic E-state index is 0.0141. The Morgan fingerprint density at radius 3 is 1.66 bits per heavy atom. The lowest BCUT2D eigenvalue weighted by Crippen LogP contribution is -2.43. The van der Waals surface area contributed by atoms with Gasteiger partial charge in [-0.05, 0) is 54.5 Å². The molecule has 2 aliphatic heterocycles. The van der Waals surface area contributed by atoms with Crippen LogP contribution in [0.1, 0.15) is 136 Å². The fourth-order valence-corrected chi connectivity index (χ4v) is 9.15. The van der Waals surface area contributed by atoms with Crippen molar-refractivity contribution in [1.82, 2.24) is 25.8 Å². The number of hydrogen-bond acceptors (Lipinski definition) is 5. The Balaban J connectivity index is 0.884. The Hall–Kier alpha value is -4.99. The summed E-state index contributed by atoms with van der Waals surface area (Å²) in [5.74, 6) is -1.53. The van der Waals surface area contributed by atoms with Gasteiger partial charge in [-0.1, -0.05) is 138 Å². The molecule has 0 unspecified atom stereocenters. The van der Waals surface area contributed by atoms with Crippen LogP contribution in [-0.2, 0) is 25.7 Å². The maximum Gasteiger partial charge on any atom is 0.253 e. The summed E-state index contributed by atoms with van der Waals surface area (Å²) in [6.45, 7) is 3.51. The first-order chi connectivity index (χ1) is 28.8. The summed E-state index contributed by atoms with van der Waals surface area (Å²) in [7, 11) is 0. The number of likely N-dealkylation sites (tertiary alicyclic amines) is 2. The molecule has 2 heterocycles. The third kappa shape index (κ3) is 11.4. The molecule has 10 heteroatoms. The van der Waals surface area contributed by atoms with Gasteiger partial charge in [0.1, 0.15) is 6.04 Å². The van der Waals surface area contributed by atoms with E-state index in [1.165, 1.54) is 56.1 Å². The molecular formula is C49H63N5O5. The number of carbonyl (C=O) groups is 5. The molecule has 0 radical (unpaired) electrons. The second-order valence-corrected chi connectivity index (χ2v) is 17.5. The topological polar surface area (TPSA) is 128 Å². The molecule has 0 bridgehead atoms. The second kappa shape index (κ2) is 20.3. The number of hydrogen-bond donors (Lipinski definition) is 3. The smallest absolute Gasteiger partial charge is 0.253 e. The highest BCUT2D eigenvalue weighted by Crippen LogP contribution is 2.42. The minimum Gasteiger partial charge on any atom is -0.352 e. The first-order valence-electron chi connectivity index (χ1n) is 22.5. The fraction of sp³-hybridized carbons (Fsp3) is 0.531. The maximum absolute atomic E-state index is 13.9. The molecule has 2 saturated carbocycles. The summed E-state index contributed by atoms with van der Waals surface area (Å²) in [6.07, 6.45) is 14.9. The van der Waals surface area contributed by atoms with E-state index in [1.807, 2.05) is 48.5 Å². The molecule has 3 N–H and O–H groups in total. The van der Waals surface area contributed by atoms with Gasteiger partial charge in [-0.2, -0.15) is 0 Å². The molecule has 7 rings (SSSR count). The normalized spacial score (nSPS) is 24.5. The molecule has 3 aromatic carbocycles. The van der Waals surface area contributed by atoms with E-state index in [2.05, 4.69) is 47.1 Å². The van der Waals surface area contributed by atoms with E-state index in [1.54, 1.807) is 21.9 Å². The first-order valence-corrected chi connectivity index (χ1v) is 22.5. The van der Waals surface area contributed by atoms with Gasteiger partial charge in [0.2, 0.25) is 23.6 Å². The monoisotopic (exact) mass is 801 g/mol. The van der Waals surface area contributed by atoms with Crippen molar-refractivity contribution >= 4 is 29.5 Å². The number of nitrogens with one attached hydrogen (secondary N) is 3. The van der Waals surface area contributed by atoms with Crippen LogP contribution in [0, 0.1) is 11.8 Å². The molecule has 4 fully saturated rings. The molecule has 3 aromatic rings.